The number of hydrogen-bond donors (Lipinski definition) is 2. The lowest BCUT2D eigenvalue weighted by Crippen LogP contribution is -2.18. The zero-order chi connectivity index (χ0) is 45.7. The normalized spacial score (nSPS) is 14.5. The van der Waals surface area contributed by atoms with Crippen LogP contribution in [0.3, 0.4) is 0 Å². The van der Waals surface area contributed by atoms with Crippen molar-refractivity contribution in [3.05, 3.63) is 147 Å². The minimum Gasteiger partial charge on any atom is -0.489 e. The fraction of sp³-hybridized carbons (Fsp3) is 0.318. The standard InChI is InChI=1S/C44H36Cl4F4N2O10/c45-29-17-53-39(55)37(47)27(29)15-33(25-9-11-31(63-43(49)50)35(13-25)59-19-21-1-2-21)61-41(57)23-5-7-24(8-6-23)42(58)62-34(16-28-30(46)18-54-40(56)38(28)48)26-10-12-32(64-44(51)52)36(14-26)60-20-22-3-4-22/h5-14,17-18,21-22,33-34,43-44H,1-4,15-16,19-20H2,(H,53,55)(H,54,56). The van der Waals surface area contributed by atoms with Gasteiger partial charge in [-0.1, -0.05) is 58.5 Å². The first-order chi connectivity index (χ1) is 30.6. The number of esters is 2. The molecule has 12 nitrogen and oxygen atoms in total. The smallest absolute Gasteiger partial charge is 0.387 e. The van der Waals surface area contributed by atoms with Crippen LogP contribution >= 0.6 is 46.4 Å². The van der Waals surface area contributed by atoms with Gasteiger partial charge >= 0.3 is 25.2 Å². The molecule has 3 aromatic carbocycles. The van der Waals surface area contributed by atoms with Crippen molar-refractivity contribution in [2.75, 3.05) is 13.2 Å². The van der Waals surface area contributed by atoms with Crippen LogP contribution in [-0.4, -0.2) is 48.3 Å². The number of ether oxygens (including phenoxy) is 6. The summed E-state index contributed by atoms with van der Waals surface area (Å²) in [4.78, 5) is 57.2. The van der Waals surface area contributed by atoms with Crippen molar-refractivity contribution in [1.29, 1.82) is 0 Å². The third kappa shape index (κ3) is 12.0. The summed E-state index contributed by atoms with van der Waals surface area (Å²) in [7, 11) is 0. The van der Waals surface area contributed by atoms with E-state index in [0.29, 0.717) is 0 Å². The number of alkyl halides is 4. The minimum absolute atomic E-state index is 0.0296. The van der Waals surface area contributed by atoms with E-state index in [2.05, 4.69) is 19.4 Å². The fourth-order valence-corrected chi connectivity index (χ4v) is 7.44. The Morgan fingerprint density at radius 2 is 0.953 bits per heavy atom. The molecule has 0 spiro atoms. The Bertz CT molecular complexity index is 2450. The maximum Gasteiger partial charge on any atom is 0.387 e. The molecule has 0 bridgehead atoms. The van der Waals surface area contributed by atoms with Crippen LogP contribution in [0, 0.1) is 11.8 Å². The Hall–Kier alpha value is -5.42. The van der Waals surface area contributed by atoms with Crippen LogP contribution < -0.4 is 30.1 Å². The van der Waals surface area contributed by atoms with E-state index >= 15 is 0 Å². The molecule has 5 aromatic rings. The molecule has 64 heavy (non-hydrogen) atoms. The molecule has 2 aliphatic rings. The van der Waals surface area contributed by atoms with E-state index in [9.17, 15) is 36.7 Å². The summed E-state index contributed by atoms with van der Waals surface area (Å²) >= 11 is 25.5. The maximum absolute atomic E-state index is 13.8. The maximum atomic E-state index is 13.8. The number of rotatable bonds is 20. The van der Waals surface area contributed by atoms with Crippen LogP contribution in [0.4, 0.5) is 17.6 Å². The van der Waals surface area contributed by atoms with Gasteiger partial charge in [-0.2, -0.15) is 17.6 Å². The number of carbonyl (C=O) groups excluding carboxylic acids is 2. The van der Waals surface area contributed by atoms with Crippen molar-refractivity contribution in [1.82, 2.24) is 9.97 Å². The van der Waals surface area contributed by atoms with Crippen molar-refractivity contribution < 1.29 is 55.6 Å². The quantitative estimate of drug-likeness (QED) is 0.0569. The van der Waals surface area contributed by atoms with Gasteiger partial charge in [0.25, 0.3) is 11.1 Å². The largest absolute Gasteiger partial charge is 0.489 e. The van der Waals surface area contributed by atoms with Gasteiger partial charge in [-0.3, -0.25) is 9.59 Å². The molecule has 0 saturated heterocycles. The molecule has 2 fully saturated rings. The minimum atomic E-state index is -3.15. The average Bonchev–Trinajstić information content (AvgIpc) is 4.22. The van der Waals surface area contributed by atoms with Gasteiger partial charge < -0.3 is 38.4 Å². The van der Waals surface area contributed by atoms with Crippen LogP contribution in [0.25, 0.3) is 0 Å². The number of aromatic nitrogens is 2. The van der Waals surface area contributed by atoms with Crippen LogP contribution in [0.5, 0.6) is 23.0 Å². The van der Waals surface area contributed by atoms with Gasteiger partial charge in [-0.25, -0.2) is 9.59 Å². The second-order valence-corrected chi connectivity index (χ2v) is 16.5. The Kier molecular flexibility index (Phi) is 15.0. The molecule has 2 saturated carbocycles. The number of aromatic amines is 2. The van der Waals surface area contributed by atoms with Crippen LogP contribution in [-0.2, 0) is 22.3 Å². The lowest BCUT2D eigenvalue weighted by Gasteiger charge is -2.22. The number of pyridine rings is 2. The van der Waals surface area contributed by atoms with Crippen molar-refractivity contribution in [3.8, 4) is 23.0 Å². The monoisotopic (exact) mass is 968 g/mol. The van der Waals surface area contributed by atoms with Crippen molar-refractivity contribution in [2.45, 2.75) is 64.0 Å². The molecular weight excluding hydrogens is 934 g/mol. The fourth-order valence-electron chi connectivity index (χ4n) is 6.43. The summed E-state index contributed by atoms with van der Waals surface area (Å²) in [6.45, 7) is -5.83. The highest BCUT2D eigenvalue weighted by atomic mass is 35.5. The van der Waals surface area contributed by atoms with Gasteiger partial charge in [0.05, 0.1) is 34.4 Å². The molecular formula is C44H36Cl4F4N2O10. The number of halogens is 8. The number of nitrogens with one attached hydrogen (secondary N) is 2. The Labute approximate surface area is 381 Å². The molecule has 20 heteroatoms. The predicted molar refractivity (Wildman–Crippen MR) is 227 cm³/mol. The SMILES string of the molecule is O=C(OC(Cc1c(Cl)c[nH]c(=O)c1Cl)c1ccc(OC(F)F)c(OCC2CC2)c1)c1ccc(C(=O)OC(Cc2c(Cl)c[nH]c(=O)c2Cl)c2ccc(OC(F)F)c(OCC3CC3)c2)cc1. The van der Waals surface area contributed by atoms with Crippen LogP contribution in [0.1, 0.15) is 80.9 Å². The second kappa shape index (κ2) is 20.6. The van der Waals surface area contributed by atoms with E-state index in [4.69, 9.17) is 65.4 Å². The van der Waals surface area contributed by atoms with E-state index in [1.165, 1.54) is 73.1 Å². The molecule has 338 valence electrons. The predicted octanol–water partition coefficient (Wildman–Crippen LogP) is 10.7. The van der Waals surface area contributed by atoms with Crippen molar-refractivity contribution in [2.24, 2.45) is 11.8 Å². The van der Waals surface area contributed by atoms with Crippen LogP contribution in [0.15, 0.2) is 82.6 Å². The van der Waals surface area contributed by atoms with E-state index < -0.39 is 48.5 Å². The zero-order valence-corrected chi connectivity index (χ0v) is 36.2. The first-order valence-electron chi connectivity index (χ1n) is 19.7. The number of hydrogen-bond acceptors (Lipinski definition) is 10. The molecule has 0 radical (unpaired) electrons. The van der Waals surface area contributed by atoms with E-state index in [1.807, 2.05) is 0 Å². The van der Waals surface area contributed by atoms with Gasteiger partial charge in [0.15, 0.2) is 23.0 Å². The van der Waals surface area contributed by atoms with E-state index in [0.717, 1.165) is 25.7 Å². The van der Waals surface area contributed by atoms with Crippen LogP contribution in [0.2, 0.25) is 20.1 Å². The molecule has 2 aliphatic carbocycles. The average molecular weight is 971 g/mol. The molecule has 2 atom stereocenters. The number of H-pyrrole nitrogens is 2. The van der Waals surface area contributed by atoms with E-state index in [-0.39, 0.29) is 114 Å². The summed E-state index contributed by atoms with van der Waals surface area (Å²) in [5.74, 6) is -1.87. The van der Waals surface area contributed by atoms with Gasteiger partial charge in [0.1, 0.15) is 22.3 Å². The molecule has 7 rings (SSSR count). The van der Waals surface area contributed by atoms with Gasteiger partial charge in [-0.05, 0) is 97.2 Å². The summed E-state index contributed by atoms with van der Waals surface area (Å²) in [6, 6.07) is 13.2. The summed E-state index contributed by atoms with van der Waals surface area (Å²) in [6.07, 6.45) is 3.16. The molecule has 2 aromatic heterocycles. The molecule has 2 N–H and O–H groups in total. The zero-order valence-electron chi connectivity index (χ0n) is 33.2. The molecule has 0 amide bonds. The Morgan fingerprint density at radius 1 is 0.578 bits per heavy atom. The third-order valence-corrected chi connectivity index (χ3v) is 11.7. The van der Waals surface area contributed by atoms with Gasteiger partial charge in [0.2, 0.25) is 0 Å². The highest BCUT2D eigenvalue weighted by Gasteiger charge is 2.29. The van der Waals surface area contributed by atoms with Crippen molar-refractivity contribution in [3.63, 3.8) is 0 Å². The highest BCUT2D eigenvalue weighted by molar-refractivity contribution is 6.36. The first kappa shape index (κ1) is 46.6. The topological polar surface area (TPSA) is 155 Å². The van der Waals surface area contributed by atoms with E-state index in [1.54, 1.807) is 0 Å². The Balaban J connectivity index is 1.15. The molecule has 2 unspecified atom stereocenters. The number of carbonyl (C=O) groups is 2. The lowest BCUT2D eigenvalue weighted by molar-refractivity contribution is -0.0522. The summed E-state index contributed by atoms with van der Waals surface area (Å²) in [5.41, 5.74) is -0.624. The third-order valence-electron chi connectivity index (χ3n) is 10.3. The molecule has 2 heterocycles. The van der Waals surface area contributed by atoms with Gasteiger partial charge in [0, 0.05) is 36.4 Å². The summed E-state index contributed by atoms with van der Waals surface area (Å²) < 4.78 is 86.2. The Morgan fingerprint density at radius 3 is 1.30 bits per heavy atom. The highest BCUT2D eigenvalue weighted by Crippen LogP contribution is 2.40. The first-order valence-corrected chi connectivity index (χ1v) is 21.2. The molecule has 0 aliphatic heterocycles. The number of benzene rings is 3. The lowest BCUT2D eigenvalue weighted by atomic mass is 10.0. The second-order valence-electron chi connectivity index (χ2n) is 15.0. The van der Waals surface area contributed by atoms with Gasteiger partial charge in [-0.15, -0.1) is 0 Å². The summed E-state index contributed by atoms with van der Waals surface area (Å²) in [5, 5.41) is -0.420. The van der Waals surface area contributed by atoms with Crippen molar-refractivity contribution >= 4 is 58.3 Å².